The highest BCUT2D eigenvalue weighted by atomic mass is 35.5. The first-order valence-electron chi connectivity index (χ1n) is 14.0. The lowest BCUT2D eigenvalue weighted by molar-refractivity contribution is -0.139. The number of fused-ring (bicyclic) bond motifs is 5. The molecule has 0 spiro atoms. The van der Waals surface area contributed by atoms with Crippen molar-refractivity contribution in [1.29, 1.82) is 0 Å². The van der Waals surface area contributed by atoms with Gasteiger partial charge in [-0.3, -0.25) is 19.5 Å². The largest absolute Gasteiger partial charge is 0.482 e. The second-order valence-corrected chi connectivity index (χ2v) is 11.0. The Morgan fingerprint density at radius 2 is 2.00 bits per heavy atom. The van der Waals surface area contributed by atoms with Crippen molar-refractivity contribution in [2.75, 3.05) is 46.5 Å². The normalized spacial score (nSPS) is 19.2. The molecule has 1 saturated heterocycles. The minimum absolute atomic E-state index is 0.195. The summed E-state index contributed by atoms with van der Waals surface area (Å²) in [5, 5.41) is 12.6. The first-order chi connectivity index (χ1) is 21.3. The number of likely N-dealkylation sites (tertiary alicyclic amines) is 1. The first kappa shape index (κ1) is 31.2. The Bertz CT molecular complexity index is 1500. The molecule has 5 rings (SSSR count). The number of ether oxygens (including phenoxy) is 4. The number of halogens is 1. The number of aliphatic carboxylic acids is 1. The number of carboxylic acids is 1. The number of nitrogens with one attached hydrogen (secondary N) is 1. The van der Waals surface area contributed by atoms with Crippen molar-refractivity contribution in [1.82, 2.24) is 20.1 Å². The second-order valence-electron chi connectivity index (χ2n) is 10.5. The van der Waals surface area contributed by atoms with Gasteiger partial charge in [-0.1, -0.05) is 23.7 Å². The van der Waals surface area contributed by atoms with Crippen molar-refractivity contribution in [3.05, 3.63) is 82.6 Å². The molecule has 12 nitrogen and oxygen atoms in total. The zero-order valence-electron chi connectivity index (χ0n) is 24.1. The van der Waals surface area contributed by atoms with Crippen molar-refractivity contribution < 1.29 is 38.4 Å². The van der Waals surface area contributed by atoms with Crippen LogP contribution >= 0.6 is 11.6 Å². The molecular weight excluding hydrogens is 592 g/mol. The summed E-state index contributed by atoms with van der Waals surface area (Å²) >= 11 is 6.25. The average molecular weight is 625 g/mol. The molecule has 44 heavy (non-hydrogen) atoms. The number of nitrogens with zero attached hydrogens (tertiary/aromatic N) is 3. The van der Waals surface area contributed by atoms with Crippen LogP contribution in [0.25, 0.3) is 0 Å². The Morgan fingerprint density at radius 1 is 1.14 bits per heavy atom. The van der Waals surface area contributed by atoms with Crippen LogP contribution in [0.3, 0.4) is 0 Å². The number of hydrogen-bond donors (Lipinski definition) is 2. The van der Waals surface area contributed by atoms with E-state index < -0.39 is 18.6 Å². The molecule has 0 unspecified atom stereocenters. The number of aromatic nitrogens is 1. The Labute approximate surface area is 259 Å². The fraction of sp³-hybridized carbons (Fsp3) is 0.355. The minimum Gasteiger partial charge on any atom is -0.482 e. The van der Waals surface area contributed by atoms with Gasteiger partial charge in [-0.15, -0.1) is 0 Å². The van der Waals surface area contributed by atoms with E-state index in [-0.39, 0.29) is 49.8 Å². The number of amides is 2. The predicted octanol–water partition coefficient (Wildman–Crippen LogP) is 2.98. The van der Waals surface area contributed by atoms with Crippen molar-refractivity contribution in [3.8, 4) is 17.2 Å². The van der Waals surface area contributed by atoms with Gasteiger partial charge >= 0.3 is 5.97 Å². The fourth-order valence-electron chi connectivity index (χ4n) is 5.17. The molecular formula is C31H33ClN4O8. The lowest BCUT2D eigenvalue weighted by Gasteiger charge is -2.25. The maximum atomic E-state index is 13.5. The topological polar surface area (TPSA) is 140 Å². The van der Waals surface area contributed by atoms with Crippen molar-refractivity contribution in [2.45, 2.75) is 25.3 Å². The molecule has 2 atom stereocenters. The summed E-state index contributed by atoms with van der Waals surface area (Å²) in [6.07, 6.45) is 2.57. The van der Waals surface area contributed by atoms with Crippen LogP contribution in [0.5, 0.6) is 17.2 Å². The number of methoxy groups -OCH3 is 1. The van der Waals surface area contributed by atoms with E-state index in [9.17, 15) is 14.4 Å². The van der Waals surface area contributed by atoms with Crippen LogP contribution in [-0.2, 0) is 32.2 Å². The van der Waals surface area contributed by atoms with E-state index >= 15 is 0 Å². The molecule has 1 aromatic heterocycles. The monoisotopic (exact) mass is 624 g/mol. The van der Waals surface area contributed by atoms with Crippen LogP contribution in [0.4, 0.5) is 0 Å². The number of hydrogen-bond acceptors (Lipinski definition) is 9. The highest BCUT2D eigenvalue weighted by Crippen LogP contribution is 2.28. The summed E-state index contributed by atoms with van der Waals surface area (Å²) < 4.78 is 23.0. The van der Waals surface area contributed by atoms with E-state index in [4.69, 9.17) is 35.7 Å². The van der Waals surface area contributed by atoms with Crippen LogP contribution in [0.2, 0.25) is 5.02 Å². The molecule has 2 aromatic carbocycles. The standard InChI is InChI=1S/C31H33ClN4O8/c1-41-8-7-36-17-29(37)34-26-15-35(14-22-10-23(32)5-6-27(22)43-19-30(38)39)16-28(26)42-18-20-3-2-4-24(9-20)44-25-11-21(31(36)40)12-33-13-25/h2-6,9-13,26,28H,7-8,14-19H2,1H3,(H,34,37)(H,38,39)/t26-,28-/m0/s1. The lowest BCUT2D eigenvalue weighted by atomic mass is 10.2. The fourth-order valence-corrected chi connectivity index (χ4v) is 5.37. The number of carboxylic acid groups (broad SMARTS) is 1. The quantitative estimate of drug-likeness (QED) is 0.384. The van der Waals surface area contributed by atoms with Crippen molar-refractivity contribution in [2.24, 2.45) is 0 Å². The van der Waals surface area contributed by atoms with Gasteiger partial charge in [0.05, 0.1) is 43.7 Å². The first-order valence-corrected chi connectivity index (χ1v) is 14.4. The van der Waals surface area contributed by atoms with Gasteiger partial charge in [0.15, 0.2) is 6.61 Å². The molecule has 0 saturated carbocycles. The average Bonchev–Trinajstić information content (AvgIpc) is 3.37. The second kappa shape index (κ2) is 14.5. The van der Waals surface area contributed by atoms with Gasteiger partial charge in [0, 0.05) is 50.1 Å². The van der Waals surface area contributed by atoms with Gasteiger partial charge in [-0.2, -0.15) is 0 Å². The molecule has 3 heterocycles. The van der Waals surface area contributed by atoms with E-state index in [1.54, 1.807) is 30.3 Å². The summed E-state index contributed by atoms with van der Waals surface area (Å²) in [6, 6.07) is 13.6. The van der Waals surface area contributed by atoms with E-state index in [0.29, 0.717) is 47.5 Å². The zero-order chi connectivity index (χ0) is 31.1. The van der Waals surface area contributed by atoms with E-state index in [1.807, 2.05) is 18.2 Å². The van der Waals surface area contributed by atoms with E-state index in [1.165, 1.54) is 24.4 Å². The summed E-state index contributed by atoms with van der Waals surface area (Å²) in [5.41, 5.74) is 1.85. The Hall–Kier alpha value is -4.23. The molecule has 3 aromatic rings. The van der Waals surface area contributed by atoms with Crippen molar-refractivity contribution >= 4 is 29.4 Å². The van der Waals surface area contributed by atoms with Crippen LogP contribution < -0.4 is 14.8 Å². The minimum atomic E-state index is -1.09. The summed E-state index contributed by atoms with van der Waals surface area (Å²) in [4.78, 5) is 45.6. The summed E-state index contributed by atoms with van der Waals surface area (Å²) in [6.45, 7) is 1.30. The Morgan fingerprint density at radius 3 is 2.82 bits per heavy atom. The van der Waals surface area contributed by atoms with E-state index in [2.05, 4.69) is 15.2 Å². The molecule has 232 valence electrons. The Kier molecular flexibility index (Phi) is 10.3. The van der Waals surface area contributed by atoms with Gasteiger partial charge in [-0.05, 0) is 42.0 Å². The molecule has 0 aliphatic carbocycles. The van der Waals surface area contributed by atoms with Crippen LogP contribution in [0.15, 0.2) is 60.9 Å². The zero-order valence-corrected chi connectivity index (χ0v) is 24.9. The van der Waals surface area contributed by atoms with Gasteiger partial charge < -0.3 is 34.3 Å². The third kappa shape index (κ3) is 8.23. The third-order valence-electron chi connectivity index (χ3n) is 7.20. The molecule has 2 amide bonds. The number of carbonyl (C=O) groups is 3. The number of benzene rings is 2. The van der Waals surface area contributed by atoms with Crippen LogP contribution in [-0.4, -0.2) is 96.3 Å². The van der Waals surface area contributed by atoms with Gasteiger partial charge in [-0.25, -0.2) is 4.79 Å². The lowest BCUT2D eigenvalue weighted by Crippen LogP contribution is -2.49. The molecule has 13 heteroatoms. The molecule has 0 radical (unpaired) electrons. The Balaban J connectivity index is 1.40. The van der Waals surface area contributed by atoms with Crippen LogP contribution in [0, 0.1) is 0 Å². The molecule has 4 bridgehead atoms. The number of pyridine rings is 1. The van der Waals surface area contributed by atoms with Gasteiger partial charge in [0.1, 0.15) is 17.2 Å². The highest BCUT2D eigenvalue weighted by Gasteiger charge is 2.35. The molecule has 1 fully saturated rings. The molecule has 2 aliphatic heterocycles. The van der Waals surface area contributed by atoms with E-state index in [0.717, 1.165) is 5.56 Å². The predicted molar refractivity (Wildman–Crippen MR) is 159 cm³/mol. The smallest absolute Gasteiger partial charge is 0.341 e. The maximum absolute atomic E-state index is 13.5. The SMILES string of the molecule is COCCN1CC(=O)N[C@H]2CN(Cc3cc(Cl)ccc3OCC(=O)O)C[C@@H]2OCc2cccc(c2)Oc2cncc(c2)C1=O. The van der Waals surface area contributed by atoms with Gasteiger partial charge in [0.25, 0.3) is 5.91 Å². The number of rotatable bonds is 8. The summed E-state index contributed by atoms with van der Waals surface area (Å²) in [7, 11) is 1.53. The molecule has 2 aliphatic rings. The highest BCUT2D eigenvalue weighted by molar-refractivity contribution is 6.30. The third-order valence-corrected chi connectivity index (χ3v) is 7.44. The maximum Gasteiger partial charge on any atom is 0.341 e. The molecule has 2 N–H and O–H groups in total. The number of carbonyl (C=O) groups excluding carboxylic acids is 2. The van der Waals surface area contributed by atoms with Gasteiger partial charge in [0.2, 0.25) is 5.91 Å². The summed E-state index contributed by atoms with van der Waals surface area (Å²) in [5.74, 6) is -0.460. The van der Waals surface area contributed by atoms with Crippen molar-refractivity contribution in [3.63, 3.8) is 0 Å². The van der Waals surface area contributed by atoms with Crippen LogP contribution in [0.1, 0.15) is 21.5 Å².